The Labute approximate surface area is 139 Å². The first-order valence-electron chi connectivity index (χ1n) is 7.62. The number of nitrogens with zero attached hydrogens (tertiary/aromatic N) is 4. The van der Waals surface area contributed by atoms with E-state index in [1.54, 1.807) is 0 Å². The van der Waals surface area contributed by atoms with E-state index in [1.165, 1.54) is 0 Å². The summed E-state index contributed by atoms with van der Waals surface area (Å²) in [5, 5.41) is 15.5. The molecule has 0 saturated carbocycles. The minimum atomic E-state index is -0.0208. The fraction of sp³-hybridized carbons (Fsp3) is 0.294. The number of aromatic nitrogens is 3. The monoisotopic (exact) mass is 328 g/mol. The van der Waals surface area contributed by atoms with Crippen LogP contribution in [-0.4, -0.2) is 26.4 Å². The van der Waals surface area contributed by atoms with E-state index < -0.39 is 0 Å². The molecular formula is C17H17ClN4O. The number of hydrogen-bond donors (Lipinski definition) is 1. The van der Waals surface area contributed by atoms with Crippen LogP contribution in [0, 0.1) is 6.92 Å². The molecule has 0 unspecified atom stereocenters. The van der Waals surface area contributed by atoms with Crippen LogP contribution in [0.1, 0.15) is 17.0 Å². The van der Waals surface area contributed by atoms with Gasteiger partial charge in [0.2, 0.25) is 0 Å². The van der Waals surface area contributed by atoms with Crippen molar-refractivity contribution in [1.29, 1.82) is 0 Å². The number of pyridine rings is 1. The van der Waals surface area contributed by atoms with E-state index in [2.05, 4.69) is 15.0 Å². The Bertz CT molecular complexity index is 890. The molecule has 0 amide bonds. The lowest BCUT2D eigenvalue weighted by molar-refractivity contribution is 0.275. The molecule has 0 fully saturated rings. The Balaban J connectivity index is 1.78. The maximum absolute atomic E-state index is 9.26. The lowest BCUT2D eigenvalue weighted by atomic mass is 10.1. The molecule has 1 aliphatic rings. The van der Waals surface area contributed by atoms with Crippen molar-refractivity contribution in [2.24, 2.45) is 0 Å². The van der Waals surface area contributed by atoms with E-state index in [9.17, 15) is 5.11 Å². The number of benzene rings is 1. The van der Waals surface area contributed by atoms with Crippen molar-refractivity contribution in [2.75, 3.05) is 11.4 Å². The fourth-order valence-electron chi connectivity index (χ4n) is 3.26. The molecule has 0 saturated heterocycles. The molecule has 0 aliphatic carbocycles. The Morgan fingerprint density at radius 2 is 2.13 bits per heavy atom. The van der Waals surface area contributed by atoms with Gasteiger partial charge in [-0.25, -0.2) is 0 Å². The van der Waals surface area contributed by atoms with Crippen LogP contribution in [0.2, 0.25) is 5.02 Å². The van der Waals surface area contributed by atoms with Crippen LogP contribution in [0.5, 0.6) is 0 Å². The highest BCUT2D eigenvalue weighted by atomic mass is 35.5. The number of aryl methyl sites for hydroxylation is 1. The highest BCUT2D eigenvalue weighted by molar-refractivity contribution is 6.31. The molecule has 1 aromatic carbocycles. The first kappa shape index (κ1) is 14.5. The molecule has 4 rings (SSSR count). The maximum Gasteiger partial charge on any atom is 0.0882 e. The number of fused-ring (bicyclic) bond motifs is 2. The van der Waals surface area contributed by atoms with Crippen LogP contribution in [0.3, 0.4) is 0 Å². The SMILES string of the molecule is Cc1cc(Cl)cc2c(N3CCn4nc(CO)cc4C3)ccnc12. The Kier molecular flexibility index (Phi) is 3.47. The summed E-state index contributed by atoms with van der Waals surface area (Å²) in [5.41, 5.74) is 5.05. The van der Waals surface area contributed by atoms with E-state index in [4.69, 9.17) is 11.6 Å². The van der Waals surface area contributed by atoms with Crippen molar-refractivity contribution in [1.82, 2.24) is 14.8 Å². The average molecular weight is 329 g/mol. The van der Waals surface area contributed by atoms with E-state index in [-0.39, 0.29) is 6.61 Å². The molecule has 6 heteroatoms. The standard InChI is InChI=1S/C17H17ClN4O/c1-11-6-12(18)7-15-16(2-3-19-17(11)15)21-4-5-22-14(9-21)8-13(10-23)20-22/h2-3,6-8,23H,4-5,9-10H2,1H3. The van der Waals surface area contributed by atoms with Gasteiger partial charge in [-0.05, 0) is 36.8 Å². The zero-order chi connectivity index (χ0) is 16.0. The van der Waals surface area contributed by atoms with Gasteiger partial charge < -0.3 is 10.0 Å². The third-order valence-corrected chi connectivity index (χ3v) is 4.55. The maximum atomic E-state index is 9.26. The van der Waals surface area contributed by atoms with Crippen LogP contribution < -0.4 is 4.90 Å². The lowest BCUT2D eigenvalue weighted by Gasteiger charge is -2.30. The fourth-order valence-corrected chi connectivity index (χ4v) is 3.53. The number of halogens is 1. The summed E-state index contributed by atoms with van der Waals surface area (Å²) in [4.78, 5) is 6.82. The first-order valence-corrected chi connectivity index (χ1v) is 8.00. The Hall–Kier alpha value is -2.11. The zero-order valence-corrected chi connectivity index (χ0v) is 13.6. The van der Waals surface area contributed by atoms with Crippen molar-refractivity contribution < 1.29 is 5.11 Å². The number of aliphatic hydroxyl groups is 1. The van der Waals surface area contributed by atoms with Crippen LogP contribution in [-0.2, 0) is 19.7 Å². The van der Waals surface area contributed by atoms with Crippen molar-refractivity contribution in [3.05, 3.63) is 52.4 Å². The topological polar surface area (TPSA) is 54.2 Å². The third-order valence-electron chi connectivity index (χ3n) is 4.33. The van der Waals surface area contributed by atoms with Crippen molar-refractivity contribution in [3.63, 3.8) is 0 Å². The molecule has 0 radical (unpaired) electrons. The van der Waals surface area contributed by atoms with Crippen LogP contribution >= 0.6 is 11.6 Å². The number of anilines is 1. The number of hydrogen-bond acceptors (Lipinski definition) is 4. The van der Waals surface area contributed by atoms with Crippen molar-refractivity contribution in [3.8, 4) is 0 Å². The molecule has 1 aliphatic heterocycles. The molecule has 0 bridgehead atoms. The van der Waals surface area contributed by atoms with Gasteiger partial charge in [0, 0.05) is 28.8 Å². The molecule has 118 valence electrons. The summed E-state index contributed by atoms with van der Waals surface area (Å²) in [6.45, 7) is 4.44. The molecule has 2 aromatic heterocycles. The van der Waals surface area contributed by atoms with Gasteiger partial charge in [0.25, 0.3) is 0 Å². The van der Waals surface area contributed by atoms with Gasteiger partial charge in [-0.3, -0.25) is 9.67 Å². The molecule has 5 nitrogen and oxygen atoms in total. The quantitative estimate of drug-likeness (QED) is 0.786. The second-order valence-corrected chi connectivity index (χ2v) is 6.32. The Morgan fingerprint density at radius 1 is 1.26 bits per heavy atom. The molecule has 0 atom stereocenters. The van der Waals surface area contributed by atoms with Crippen LogP contribution in [0.25, 0.3) is 10.9 Å². The molecule has 23 heavy (non-hydrogen) atoms. The van der Waals surface area contributed by atoms with Crippen LogP contribution in [0.15, 0.2) is 30.5 Å². The summed E-state index contributed by atoms with van der Waals surface area (Å²) in [7, 11) is 0. The number of rotatable bonds is 2. The van der Waals surface area contributed by atoms with E-state index >= 15 is 0 Å². The second kappa shape index (κ2) is 5.51. The first-order chi connectivity index (χ1) is 11.2. The summed E-state index contributed by atoms with van der Waals surface area (Å²) in [6, 6.07) is 7.93. The predicted molar refractivity (Wildman–Crippen MR) is 90.7 cm³/mol. The molecule has 0 spiro atoms. The average Bonchev–Trinajstić information content (AvgIpc) is 2.96. The highest BCUT2D eigenvalue weighted by Gasteiger charge is 2.20. The molecule has 3 aromatic rings. The summed E-state index contributed by atoms with van der Waals surface area (Å²) < 4.78 is 1.98. The molecule has 3 heterocycles. The second-order valence-electron chi connectivity index (χ2n) is 5.88. The number of aliphatic hydroxyl groups excluding tert-OH is 1. The van der Waals surface area contributed by atoms with Gasteiger partial charge in [-0.2, -0.15) is 5.10 Å². The normalized spacial score (nSPS) is 14.3. The highest BCUT2D eigenvalue weighted by Crippen LogP contribution is 2.32. The molecular weight excluding hydrogens is 312 g/mol. The van der Waals surface area contributed by atoms with Gasteiger partial charge in [0.1, 0.15) is 0 Å². The minimum absolute atomic E-state index is 0.0208. The van der Waals surface area contributed by atoms with Gasteiger partial charge >= 0.3 is 0 Å². The van der Waals surface area contributed by atoms with Gasteiger partial charge in [-0.15, -0.1) is 0 Å². The predicted octanol–water partition coefficient (Wildman–Crippen LogP) is 2.91. The van der Waals surface area contributed by atoms with E-state index in [1.807, 2.05) is 42.1 Å². The summed E-state index contributed by atoms with van der Waals surface area (Å²) in [5.74, 6) is 0. The summed E-state index contributed by atoms with van der Waals surface area (Å²) >= 11 is 6.25. The Morgan fingerprint density at radius 3 is 2.96 bits per heavy atom. The largest absolute Gasteiger partial charge is 0.390 e. The lowest BCUT2D eigenvalue weighted by Crippen LogP contribution is -2.33. The zero-order valence-electron chi connectivity index (χ0n) is 12.8. The van der Waals surface area contributed by atoms with Gasteiger partial charge in [0.05, 0.1) is 36.6 Å². The van der Waals surface area contributed by atoms with E-state index in [0.717, 1.165) is 58.2 Å². The van der Waals surface area contributed by atoms with Gasteiger partial charge in [0.15, 0.2) is 0 Å². The van der Waals surface area contributed by atoms with Gasteiger partial charge in [-0.1, -0.05) is 11.6 Å². The third kappa shape index (κ3) is 2.46. The summed E-state index contributed by atoms with van der Waals surface area (Å²) in [6.07, 6.45) is 1.85. The minimum Gasteiger partial charge on any atom is -0.390 e. The molecule has 1 N–H and O–H groups in total. The smallest absolute Gasteiger partial charge is 0.0882 e. The van der Waals surface area contributed by atoms with E-state index in [0.29, 0.717) is 0 Å². The van der Waals surface area contributed by atoms with Crippen molar-refractivity contribution >= 4 is 28.2 Å². The van der Waals surface area contributed by atoms with Crippen molar-refractivity contribution in [2.45, 2.75) is 26.6 Å². The van der Waals surface area contributed by atoms with Crippen LogP contribution in [0.4, 0.5) is 5.69 Å².